The van der Waals surface area contributed by atoms with E-state index in [4.69, 9.17) is 21.1 Å². The van der Waals surface area contributed by atoms with Gasteiger partial charge in [-0.2, -0.15) is 0 Å². The Bertz CT molecular complexity index is 717. The van der Waals surface area contributed by atoms with Crippen LogP contribution in [0.4, 0.5) is 4.39 Å². The standard InChI is InChI=1S/C20H22BrClFNO2/c21-16-6-7-20(26-14-17-18(22)4-1-5-19(17)23)15(13-16)3-2-8-24-9-11-25-12-10-24/h1,4-7,13H,2-3,8-12,14H2. The fraction of sp³-hybridized carbons (Fsp3) is 0.400. The fourth-order valence-corrected chi connectivity index (χ4v) is 3.65. The van der Waals surface area contributed by atoms with Crippen LogP contribution in [0.25, 0.3) is 0 Å². The van der Waals surface area contributed by atoms with Crippen LogP contribution in [0.1, 0.15) is 17.5 Å². The zero-order valence-electron chi connectivity index (χ0n) is 14.5. The Hall–Kier alpha value is -1.14. The van der Waals surface area contributed by atoms with Crippen molar-refractivity contribution in [3.8, 4) is 5.75 Å². The molecule has 1 saturated heterocycles. The lowest BCUT2D eigenvalue weighted by molar-refractivity contribution is 0.0374. The molecule has 0 spiro atoms. The Labute approximate surface area is 167 Å². The maximum atomic E-state index is 13.9. The highest BCUT2D eigenvalue weighted by Crippen LogP contribution is 2.27. The van der Waals surface area contributed by atoms with Gasteiger partial charge >= 0.3 is 0 Å². The van der Waals surface area contributed by atoms with Crippen molar-refractivity contribution >= 4 is 27.5 Å². The molecule has 0 radical (unpaired) electrons. The SMILES string of the molecule is Fc1cccc(Cl)c1COc1ccc(Br)cc1CCCN1CCOCC1. The Morgan fingerprint density at radius 2 is 2.00 bits per heavy atom. The molecule has 6 heteroatoms. The van der Waals surface area contributed by atoms with E-state index < -0.39 is 0 Å². The minimum Gasteiger partial charge on any atom is -0.488 e. The van der Waals surface area contributed by atoms with Gasteiger partial charge in [0.15, 0.2) is 0 Å². The van der Waals surface area contributed by atoms with Gasteiger partial charge in [0.1, 0.15) is 18.2 Å². The molecule has 2 aromatic rings. The third kappa shape index (κ3) is 5.43. The first-order valence-corrected chi connectivity index (χ1v) is 9.95. The van der Waals surface area contributed by atoms with E-state index in [9.17, 15) is 4.39 Å². The van der Waals surface area contributed by atoms with Crippen LogP contribution >= 0.6 is 27.5 Å². The molecule has 0 saturated carbocycles. The van der Waals surface area contributed by atoms with Gasteiger partial charge in [-0.1, -0.05) is 33.6 Å². The van der Waals surface area contributed by atoms with Gasteiger partial charge in [0.05, 0.1) is 18.2 Å². The van der Waals surface area contributed by atoms with E-state index in [1.807, 2.05) is 12.1 Å². The van der Waals surface area contributed by atoms with E-state index in [0.717, 1.165) is 61.5 Å². The zero-order valence-corrected chi connectivity index (χ0v) is 16.9. The highest BCUT2D eigenvalue weighted by atomic mass is 79.9. The highest BCUT2D eigenvalue weighted by Gasteiger charge is 2.12. The molecule has 0 aliphatic carbocycles. The number of hydrogen-bond acceptors (Lipinski definition) is 3. The van der Waals surface area contributed by atoms with Crippen LogP contribution in [-0.4, -0.2) is 37.7 Å². The summed E-state index contributed by atoms with van der Waals surface area (Å²) in [6.45, 7) is 4.77. The van der Waals surface area contributed by atoms with Gasteiger partial charge in [0.25, 0.3) is 0 Å². The molecule has 3 nitrogen and oxygen atoms in total. The van der Waals surface area contributed by atoms with Crippen LogP contribution < -0.4 is 4.74 Å². The Kier molecular flexibility index (Phi) is 7.32. The maximum Gasteiger partial charge on any atom is 0.131 e. The van der Waals surface area contributed by atoms with E-state index in [1.165, 1.54) is 6.07 Å². The number of morpholine rings is 1. The van der Waals surface area contributed by atoms with Crippen molar-refractivity contribution in [2.45, 2.75) is 19.4 Å². The summed E-state index contributed by atoms with van der Waals surface area (Å²) in [5.41, 5.74) is 1.50. The summed E-state index contributed by atoms with van der Waals surface area (Å²) in [6.07, 6.45) is 1.93. The molecular formula is C20H22BrClFNO2. The predicted octanol–water partition coefficient (Wildman–Crippen LogP) is 5.09. The Balaban J connectivity index is 1.62. The molecular weight excluding hydrogens is 421 g/mol. The second-order valence-electron chi connectivity index (χ2n) is 6.30. The number of hydrogen-bond donors (Lipinski definition) is 0. The molecule has 3 rings (SSSR count). The fourth-order valence-electron chi connectivity index (χ4n) is 3.02. The molecule has 1 aliphatic heterocycles. The third-order valence-electron chi connectivity index (χ3n) is 4.48. The summed E-state index contributed by atoms with van der Waals surface area (Å²) in [7, 11) is 0. The first-order chi connectivity index (χ1) is 12.6. The Morgan fingerprint density at radius 3 is 2.77 bits per heavy atom. The molecule has 0 N–H and O–H groups in total. The Morgan fingerprint density at radius 1 is 1.19 bits per heavy atom. The van der Waals surface area contributed by atoms with Gasteiger partial charge in [-0.25, -0.2) is 4.39 Å². The minimum atomic E-state index is -0.344. The normalized spacial score (nSPS) is 15.2. The molecule has 1 aliphatic rings. The molecule has 2 aromatic carbocycles. The van der Waals surface area contributed by atoms with Crippen LogP contribution in [0.3, 0.4) is 0 Å². The summed E-state index contributed by atoms with van der Waals surface area (Å²) < 4.78 is 26.2. The van der Waals surface area contributed by atoms with E-state index in [-0.39, 0.29) is 12.4 Å². The smallest absolute Gasteiger partial charge is 0.131 e. The van der Waals surface area contributed by atoms with E-state index in [0.29, 0.717) is 10.6 Å². The van der Waals surface area contributed by atoms with Gasteiger partial charge in [-0.3, -0.25) is 4.90 Å². The van der Waals surface area contributed by atoms with Crippen molar-refractivity contribution in [3.63, 3.8) is 0 Å². The number of aryl methyl sites for hydroxylation is 1. The van der Waals surface area contributed by atoms with Crippen LogP contribution in [-0.2, 0) is 17.8 Å². The third-order valence-corrected chi connectivity index (χ3v) is 5.33. The largest absolute Gasteiger partial charge is 0.488 e. The van der Waals surface area contributed by atoms with Gasteiger partial charge in [0.2, 0.25) is 0 Å². The van der Waals surface area contributed by atoms with Crippen LogP contribution in [0.15, 0.2) is 40.9 Å². The van der Waals surface area contributed by atoms with E-state index >= 15 is 0 Å². The topological polar surface area (TPSA) is 21.7 Å². The summed E-state index contributed by atoms with van der Waals surface area (Å²) >= 11 is 9.61. The van der Waals surface area contributed by atoms with Crippen molar-refractivity contribution in [3.05, 3.63) is 62.8 Å². The summed E-state index contributed by atoms with van der Waals surface area (Å²) in [5, 5.41) is 0.385. The lowest BCUT2D eigenvalue weighted by Crippen LogP contribution is -2.36. The van der Waals surface area contributed by atoms with E-state index in [1.54, 1.807) is 12.1 Å². The van der Waals surface area contributed by atoms with Crippen LogP contribution in [0.5, 0.6) is 5.75 Å². The number of rotatable bonds is 7. The summed E-state index contributed by atoms with van der Waals surface area (Å²) in [5.74, 6) is 0.429. The van der Waals surface area contributed by atoms with Crippen molar-refractivity contribution in [1.82, 2.24) is 4.90 Å². The van der Waals surface area contributed by atoms with Crippen LogP contribution in [0, 0.1) is 5.82 Å². The average molecular weight is 443 g/mol. The monoisotopic (exact) mass is 441 g/mol. The molecule has 0 atom stereocenters. The highest BCUT2D eigenvalue weighted by molar-refractivity contribution is 9.10. The van der Waals surface area contributed by atoms with Crippen LogP contribution in [0.2, 0.25) is 5.02 Å². The maximum absolute atomic E-state index is 13.9. The van der Waals surface area contributed by atoms with Crippen molar-refractivity contribution in [2.24, 2.45) is 0 Å². The molecule has 0 amide bonds. The first-order valence-electron chi connectivity index (χ1n) is 8.77. The van der Waals surface area contributed by atoms with Crippen molar-refractivity contribution in [1.29, 1.82) is 0 Å². The molecule has 1 fully saturated rings. The lowest BCUT2D eigenvalue weighted by atomic mass is 10.1. The second kappa shape index (κ2) is 9.70. The lowest BCUT2D eigenvalue weighted by Gasteiger charge is -2.26. The molecule has 140 valence electrons. The second-order valence-corrected chi connectivity index (χ2v) is 7.62. The molecule has 0 aromatic heterocycles. The molecule has 1 heterocycles. The summed E-state index contributed by atoms with van der Waals surface area (Å²) in [4.78, 5) is 2.42. The molecule has 0 unspecified atom stereocenters. The number of benzene rings is 2. The van der Waals surface area contributed by atoms with Gasteiger partial charge in [-0.15, -0.1) is 0 Å². The van der Waals surface area contributed by atoms with E-state index in [2.05, 4.69) is 26.9 Å². The zero-order chi connectivity index (χ0) is 18.4. The van der Waals surface area contributed by atoms with Gasteiger partial charge in [-0.05, 0) is 55.3 Å². The average Bonchev–Trinajstić information content (AvgIpc) is 2.64. The first kappa shape index (κ1) is 19.6. The predicted molar refractivity (Wildman–Crippen MR) is 105 cm³/mol. The molecule has 0 bridgehead atoms. The molecule has 26 heavy (non-hydrogen) atoms. The number of ether oxygens (including phenoxy) is 2. The number of nitrogens with zero attached hydrogens (tertiary/aromatic N) is 1. The summed E-state index contributed by atoms with van der Waals surface area (Å²) in [6, 6.07) is 10.6. The van der Waals surface area contributed by atoms with Crippen molar-refractivity contribution in [2.75, 3.05) is 32.8 Å². The van der Waals surface area contributed by atoms with Crippen molar-refractivity contribution < 1.29 is 13.9 Å². The quantitative estimate of drug-likeness (QED) is 0.596. The van der Waals surface area contributed by atoms with Gasteiger partial charge < -0.3 is 9.47 Å². The number of halogens is 3. The minimum absolute atomic E-state index is 0.115. The van der Waals surface area contributed by atoms with Gasteiger partial charge in [0, 0.05) is 23.1 Å².